The SMILES string of the molecule is O=C(Nc1cccc(C(=O)N2CCCC2)c1)c1ccc(C(=O)Nc2cccc(C(=O)N3CCCC3)c2)cc1. The summed E-state index contributed by atoms with van der Waals surface area (Å²) >= 11 is 0. The zero-order valence-electron chi connectivity index (χ0n) is 21.1. The molecule has 3 aromatic rings. The highest BCUT2D eigenvalue weighted by atomic mass is 16.2. The second-order valence-corrected chi connectivity index (χ2v) is 9.65. The van der Waals surface area contributed by atoms with Crippen LogP contribution in [0.4, 0.5) is 11.4 Å². The molecule has 0 saturated carbocycles. The van der Waals surface area contributed by atoms with Gasteiger partial charge in [0.1, 0.15) is 0 Å². The Balaban J connectivity index is 1.20. The van der Waals surface area contributed by atoms with Crippen LogP contribution in [0, 0.1) is 0 Å². The van der Waals surface area contributed by atoms with Crippen molar-refractivity contribution in [3.05, 3.63) is 95.1 Å². The van der Waals surface area contributed by atoms with Gasteiger partial charge in [-0.25, -0.2) is 0 Å². The Kier molecular flexibility index (Phi) is 7.49. The van der Waals surface area contributed by atoms with Gasteiger partial charge in [0.25, 0.3) is 23.6 Å². The predicted molar refractivity (Wildman–Crippen MR) is 146 cm³/mol. The molecule has 8 heteroatoms. The smallest absolute Gasteiger partial charge is 0.255 e. The topological polar surface area (TPSA) is 98.8 Å². The first kappa shape index (κ1) is 25.2. The molecule has 0 spiro atoms. The number of amides is 4. The number of likely N-dealkylation sites (tertiary alicyclic amines) is 2. The fraction of sp³-hybridized carbons (Fsp3) is 0.267. The van der Waals surface area contributed by atoms with Gasteiger partial charge >= 0.3 is 0 Å². The Labute approximate surface area is 221 Å². The summed E-state index contributed by atoms with van der Waals surface area (Å²) in [5.74, 6) is -0.730. The molecule has 2 saturated heterocycles. The van der Waals surface area contributed by atoms with Crippen LogP contribution >= 0.6 is 0 Å². The third-order valence-corrected chi connectivity index (χ3v) is 6.93. The Morgan fingerprint density at radius 3 is 1.24 bits per heavy atom. The molecule has 0 unspecified atom stereocenters. The molecule has 8 nitrogen and oxygen atoms in total. The molecule has 0 atom stereocenters. The van der Waals surface area contributed by atoms with Gasteiger partial charge in [-0.1, -0.05) is 12.1 Å². The zero-order chi connectivity index (χ0) is 26.5. The van der Waals surface area contributed by atoms with E-state index in [0.29, 0.717) is 33.6 Å². The molecule has 0 aliphatic carbocycles. The summed E-state index contributed by atoms with van der Waals surface area (Å²) in [6, 6.07) is 20.2. The average Bonchev–Trinajstić information content (AvgIpc) is 3.68. The minimum Gasteiger partial charge on any atom is -0.339 e. The van der Waals surface area contributed by atoms with Crippen LogP contribution in [0.15, 0.2) is 72.8 Å². The first-order chi connectivity index (χ1) is 18.5. The molecule has 2 fully saturated rings. The van der Waals surface area contributed by atoms with E-state index in [1.165, 1.54) is 0 Å². The number of rotatable bonds is 6. The van der Waals surface area contributed by atoms with Crippen molar-refractivity contribution in [1.82, 2.24) is 9.80 Å². The second kappa shape index (κ2) is 11.3. The minimum absolute atomic E-state index is 0.0279. The molecule has 3 aromatic carbocycles. The molecule has 38 heavy (non-hydrogen) atoms. The van der Waals surface area contributed by atoms with Gasteiger partial charge in [-0.2, -0.15) is 0 Å². The molecule has 194 valence electrons. The van der Waals surface area contributed by atoms with Gasteiger partial charge < -0.3 is 20.4 Å². The summed E-state index contributed by atoms with van der Waals surface area (Å²) < 4.78 is 0. The van der Waals surface area contributed by atoms with Crippen molar-refractivity contribution in [3.8, 4) is 0 Å². The Bertz CT molecular complexity index is 1250. The van der Waals surface area contributed by atoms with Gasteiger partial charge in [-0.05, 0) is 86.3 Å². The lowest BCUT2D eigenvalue weighted by Gasteiger charge is -2.16. The van der Waals surface area contributed by atoms with Crippen LogP contribution in [-0.4, -0.2) is 59.6 Å². The van der Waals surface area contributed by atoms with Crippen LogP contribution in [0.1, 0.15) is 67.1 Å². The molecule has 5 rings (SSSR count). The highest BCUT2D eigenvalue weighted by molar-refractivity contribution is 6.08. The lowest BCUT2D eigenvalue weighted by Crippen LogP contribution is -2.27. The summed E-state index contributed by atoms with van der Waals surface area (Å²) in [5.41, 5.74) is 2.92. The summed E-state index contributed by atoms with van der Waals surface area (Å²) in [5, 5.41) is 5.65. The van der Waals surface area contributed by atoms with Gasteiger partial charge in [-0.15, -0.1) is 0 Å². The van der Waals surface area contributed by atoms with E-state index < -0.39 is 0 Å². The summed E-state index contributed by atoms with van der Waals surface area (Å²) in [7, 11) is 0. The molecular weight excluding hydrogens is 480 g/mol. The average molecular weight is 511 g/mol. The van der Waals surface area contributed by atoms with E-state index >= 15 is 0 Å². The number of benzene rings is 3. The molecule has 0 radical (unpaired) electrons. The highest BCUT2D eigenvalue weighted by Gasteiger charge is 2.21. The van der Waals surface area contributed by atoms with E-state index in [0.717, 1.165) is 51.9 Å². The lowest BCUT2D eigenvalue weighted by atomic mass is 10.1. The van der Waals surface area contributed by atoms with Gasteiger partial charge in [0.05, 0.1) is 0 Å². The fourth-order valence-corrected chi connectivity index (χ4v) is 4.85. The van der Waals surface area contributed by atoms with Crippen molar-refractivity contribution < 1.29 is 19.2 Å². The number of carbonyl (C=O) groups is 4. The number of hydrogen-bond acceptors (Lipinski definition) is 4. The largest absolute Gasteiger partial charge is 0.339 e. The van der Waals surface area contributed by atoms with Crippen LogP contribution in [-0.2, 0) is 0 Å². The lowest BCUT2D eigenvalue weighted by molar-refractivity contribution is 0.0785. The standard InChI is InChI=1S/C30H30N4O4/c35-27(31-25-9-5-7-23(19-25)29(37)33-15-1-2-16-33)21-11-13-22(14-12-21)28(36)32-26-10-6-8-24(20-26)30(38)34-17-3-4-18-34/h5-14,19-20H,1-4,15-18H2,(H,31,35)(H,32,36). The van der Waals surface area contributed by atoms with Gasteiger partial charge in [0.2, 0.25) is 0 Å². The highest BCUT2D eigenvalue weighted by Crippen LogP contribution is 2.19. The number of nitrogens with one attached hydrogen (secondary N) is 2. The first-order valence-electron chi connectivity index (χ1n) is 13.0. The molecule has 4 amide bonds. The Morgan fingerprint density at radius 2 is 0.868 bits per heavy atom. The quantitative estimate of drug-likeness (QED) is 0.504. The Hall–Kier alpha value is -4.46. The summed E-state index contributed by atoms with van der Waals surface area (Å²) in [6.45, 7) is 3.05. The van der Waals surface area contributed by atoms with Gasteiger partial charge in [0.15, 0.2) is 0 Å². The van der Waals surface area contributed by atoms with Crippen molar-refractivity contribution in [2.45, 2.75) is 25.7 Å². The van der Waals surface area contributed by atoms with Crippen LogP contribution in [0.3, 0.4) is 0 Å². The number of anilines is 2. The van der Waals surface area contributed by atoms with E-state index in [4.69, 9.17) is 0 Å². The van der Waals surface area contributed by atoms with Crippen molar-refractivity contribution in [2.24, 2.45) is 0 Å². The van der Waals surface area contributed by atoms with Crippen molar-refractivity contribution >= 4 is 35.0 Å². The van der Waals surface area contributed by atoms with Crippen LogP contribution < -0.4 is 10.6 Å². The molecular formula is C30H30N4O4. The van der Waals surface area contributed by atoms with Crippen molar-refractivity contribution in [3.63, 3.8) is 0 Å². The summed E-state index contributed by atoms with van der Waals surface area (Å²) in [6.07, 6.45) is 4.06. The monoisotopic (exact) mass is 510 g/mol. The van der Waals surface area contributed by atoms with Crippen LogP contribution in [0.25, 0.3) is 0 Å². The number of carbonyl (C=O) groups excluding carboxylic acids is 4. The zero-order valence-corrected chi connectivity index (χ0v) is 21.1. The molecule has 2 N–H and O–H groups in total. The van der Waals surface area contributed by atoms with E-state index in [2.05, 4.69) is 10.6 Å². The van der Waals surface area contributed by atoms with Crippen LogP contribution in [0.5, 0.6) is 0 Å². The number of nitrogens with zero attached hydrogens (tertiary/aromatic N) is 2. The van der Waals surface area contributed by atoms with E-state index in [-0.39, 0.29) is 23.6 Å². The maximum absolute atomic E-state index is 12.8. The van der Waals surface area contributed by atoms with Crippen LogP contribution in [0.2, 0.25) is 0 Å². The molecule has 0 aromatic heterocycles. The second-order valence-electron chi connectivity index (χ2n) is 9.65. The van der Waals surface area contributed by atoms with E-state index in [1.807, 2.05) is 9.80 Å². The Morgan fingerprint density at radius 1 is 0.500 bits per heavy atom. The molecule has 2 aliphatic heterocycles. The van der Waals surface area contributed by atoms with Crippen molar-refractivity contribution in [1.29, 1.82) is 0 Å². The molecule has 0 bridgehead atoms. The first-order valence-corrected chi connectivity index (χ1v) is 13.0. The van der Waals surface area contributed by atoms with E-state index in [1.54, 1.807) is 72.8 Å². The van der Waals surface area contributed by atoms with Crippen molar-refractivity contribution in [2.75, 3.05) is 36.8 Å². The van der Waals surface area contributed by atoms with Gasteiger partial charge in [0, 0.05) is 59.8 Å². The maximum atomic E-state index is 12.8. The minimum atomic E-state index is -0.337. The molecule has 2 aliphatic rings. The van der Waals surface area contributed by atoms with Gasteiger partial charge in [-0.3, -0.25) is 19.2 Å². The normalized spacial score (nSPS) is 14.8. The summed E-state index contributed by atoms with van der Waals surface area (Å²) in [4.78, 5) is 54.5. The maximum Gasteiger partial charge on any atom is 0.255 e. The molecule has 2 heterocycles. The third kappa shape index (κ3) is 5.75. The number of hydrogen-bond donors (Lipinski definition) is 2. The fourth-order valence-electron chi connectivity index (χ4n) is 4.85. The predicted octanol–water partition coefficient (Wildman–Crippen LogP) is 4.66. The van der Waals surface area contributed by atoms with E-state index in [9.17, 15) is 19.2 Å². The third-order valence-electron chi connectivity index (χ3n) is 6.93.